The van der Waals surface area contributed by atoms with Crippen LogP contribution in [0.15, 0.2) is 18.7 Å². The van der Waals surface area contributed by atoms with Gasteiger partial charge in [-0.3, -0.25) is 14.9 Å². The standard InChI is InChI=1S/C12H13NO5/c1-4-5-9-11(13(15)16)8(7-14)6-10(17-2)12(9)18-3/h4,6-7H,1,5H2,2-3H3. The SMILES string of the molecule is C=CCc1c(OC)c(OC)cc(C=O)c1[N+](=O)[O-]. The van der Waals surface area contributed by atoms with Crippen molar-refractivity contribution in [1.82, 2.24) is 0 Å². The molecule has 0 fully saturated rings. The molecular weight excluding hydrogens is 238 g/mol. The Morgan fingerprint density at radius 1 is 1.44 bits per heavy atom. The van der Waals surface area contributed by atoms with Crippen LogP contribution in [0, 0.1) is 10.1 Å². The molecule has 0 saturated carbocycles. The van der Waals surface area contributed by atoms with Crippen LogP contribution < -0.4 is 9.47 Å². The molecule has 6 nitrogen and oxygen atoms in total. The summed E-state index contributed by atoms with van der Waals surface area (Å²) in [5, 5.41) is 11.1. The first kappa shape index (κ1) is 13.7. The molecule has 0 bridgehead atoms. The Labute approximate surface area is 104 Å². The van der Waals surface area contributed by atoms with Gasteiger partial charge in [-0.15, -0.1) is 6.58 Å². The average Bonchev–Trinajstić information content (AvgIpc) is 2.37. The molecule has 0 saturated heterocycles. The maximum Gasteiger partial charge on any atom is 0.287 e. The number of methoxy groups -OCH3 is 2. The summed E-state index contributed by atoms with van der Waals surface area (Å²) in [4.78, 5) is 21.4. The quantitative estimate of drug-likeness (QED) is 0.335. The molecule has 0 N–H and O–H groups in total. The molecule has 0 amide bonds. The highest BCUT2D eigenvalue weighted by Crippen LogP contribution is 2.39. The van der Waals surface area contributed by atoms with Crippen LogP contribution in [0.5, 0.6) is 11.5 Å². The molecule has 1 aromatic rings. The molecule has 0 spiro atoms. The van der Waals surface area contributed by atoms with Crippen LogP contribution in [0.1, 0.15) is 15.9 Å². The monoisotopic (exact) mass is 251 g/mol. The lowest BCUT2D eigenvalue weighted by Gasteiger charge is -2.13. The van der Waals surface area contributed by atoms with E-state index >= 15 is 0 Å². The molecule has 0 atom stereocenters. The summed E-state index contributed by atoms with van der Waals surface area (Å²) >= 11 is 0. The number of carbonyl (C=O) groups excluding carboxylic acids is 1. The molecule has 0 aliphatic heterocycles. The number of rotatable bonds is 6. The first-order valence-corrected chi connectivity index (χ1v) is 5.09. The van der Waals surface area contributed by atoms with Crippen molar-refractivity contribution in [3.63, 3.8) is 0 Å². The highest BCUT2D eigenvalue weighted by molar-refractivity contribution is 5.85. The molecular formula is C12H13NO5. The molecule has 1 rings (SSSR count). The van der Waals surface area contributed by atoms with Gasteiger partial charge in [-0.2, -0.15) is 0 Å². The topological polar surface area (TPSA) is 78.7 Å². The predicted molar refractivity (Wildman–Crippen MR) is 65.5 cm³/mol. The third-order valence-corrected chi connectivity index (χ3v) is 2.43. The summed E-state index contributed by atoms with van der Waals surface area (Å²) in [6.07, 6.45) is 2.13. The molecule has 0 radical (unpaired) electrons. The Kier molecular flexibility index (Phi) is 4.42. The van der Waals surface area contributed by atoms with E-state index < -0.39 is 4.92 Å². The van der Waals surface area contributed by atoms with Crippen LogP contribution in [0.4, 0.5) is 5.69 Å². The van der Waals surface area contributed by atoms with E-state index in [-0.39, 0.29) is 34.7 Å². The van der Waals surface area contributed by atoms with Gasteiger partial charge in [-0.25, -0.2) is 0 Å². The van der Waals surface area contributed by atoms with Crippen LogP contribution >= 0.6 is 0 Å². The highest BCUT2D eigenvalue weighted by atomic mass is 16.6. The van der Waals surface area contributed by atoms with E-state index in [0.717, 1.165) is 0 Å². The van der Waals surface area contributed by atoms with Gasteiger partial charge in [0, 0.05) is 12.5 Å². The van der Waals surface area contributed by atoms with Gasteiger partial charge in [0.15, 0.2) is 17.8 Å². The lowest BCUT2D eigenvalue weighted by molar-refractivity contribution is -0.385. The molecule has 6 heteroatoms. The summed E-state index contributed by atoms with van der Waals surface area (Å²) in [6.45, 7) is 3.54. The Hall–Kier alpha value is -2.37. The van der Waals surface area contributed by atoms with Gasteiger partial charge >= 0.3 is 0 Å². The normalized spacial score (nSPS) is 9.67. The Morgan fingerprint density at radius 3 is 2.50 bits per heavy atom. The van der Waals surface area contributed by atoms with Gasteiger partial charge in [0.2, 0.25) is 0 Å². The zero-order valence-corrected chi connectivity index (χ0v) is 10.1. The minimum Gasteiger partial charge on any atom is -0.493 e. The maximum absolute atomic E-state index is 11.1. The number of benzene rings is 1. The second kappa shape index (κ2) is 5.81. The molecule has 0 aliphatic carbocycles. The number of hydrogen-bond acceptors (Lipinski definition) is 5. The molecule has 96 valence electrons. The number of nitro groups is 1. The molecule has 0 unspecified atom stereocenters. The number of hydrogen-bond donors (Lipinski definition) is 0. The lowest BCUT2D eigenvalue weighted by Crippen LogP contribution is -2.04. The van der Waals surface area contributed by atoms with Crippen LogP contribution in [-0.2, 0) is 6.42 Å². The smallest absolute Gasteiger partial charge is 0.287 e. The van der Waals surface area contributed by atoms with Crippen molar-refractivity contribution in [3.05, 3.63) is 40.0 Å². The fourth-order valence-corrected chi connectivity index (χ4v) is 1.72. The lowest BCUT2D eigenvalue weighted by atomic mass is 10.0. The van der Waals surface area contributed by atoms with Crippen molar-refractivity contribution < 1.29 is 19.2 Å². The molecule has 0 aliphatic rings. The van der Waals surface area contributed by atoms with Crippen molar-refractivity contribution in [1.29, 1.82) is 0 Å². The van der Waals surface area contributed by atoms with Gasteiger partial charge in [0.05, 0.1) is 30.3 Å². The summed E-state index contributed by atoms with van der Waals surface area (Å²) in [6, 6.07) is 1.29. The molecule has 0 heterocycles. The fraction of sp³-hybridized carbons (Fsp3) is 0.250. The Bertz CT molecular complexity index is 496. The Morgan fingerprint density at radius 2 is 2.11 bits per heavy atom. The van der Waals surface area contributed by atoms with Gasteiger partial charge < -0.3 is 9.47 Å². The van der Waals surface area contributed by atoms with E-state index in [1.165, 1.54) is 26.4 Å². The number of nitrogens with zero attached hydrogens (tertiary/aromatic N) is 1. The van der Waals surface area contributed by atoms with Crippen molar-refractivity contribution in [2.75, 3.05) is 14.2 Å². The van der Waals surface area contributed by atoms with Crippen molar-refractivity contribution >= 4 is 12.0 Å². The highest BCUT2D eigenvalue weighted by Gasteiger charge is 2.26. The molecule has 1 aromatic carbocycles. The predicted octanol–water partition coefficient (Wildman–Crippen LogP) is 2.15. The third kappa shape index (κ3) is 2.32. The zero-order chi connectivity index (χ0) is 13.7. The van der Waals surface area contributed by atoms with Gasteiger partial charge in [-0.05, 0) is 0 Å². The molecule has 0 aromatic heterocycles. The summed E-state index contributed by atoms with van der Waals surface area (Å²) in [5.74, 6) is 0.525. The zero-order valence-electron chi connectivity index (χ0n) is 10.1. The van der Waals surface area contributed by atoms with E-state index in [9.17, 15) is 14.9 Å². The van der Waals surface area contributed by atoms with Crippen molar-refractivity contribution in [2.24, 2.45) is 0 Å². The van der Waals surface area contributed by atoms with Crippen molar-refractivity contribution in [2.45, 2.75) is 6.42 Å². The van der Waals surface area contributed by atoms with E-state index in [1.807, 2.05) is 0 Å². The van der Waals surface area contributed by atoms with Crippen LogP contribution in [-0.4, -0.2) is 25.4 Å². The maximum atomic E-state index is 11.1. The fourth-order valence-electron chi connectivity index (χ4n) is 1.72. The van der Waals surface area contributed by atoms with E-state index in [1.54, 1.807) is 0 Å². The second-order valence-corrected chi connectivity index (χ2v) is 3.40. The second-order valence-electron chi connectivity index (χ2n) is 3.40. The van der Waals surface area contributed by atoms with E-state index in [0.29, 0.717) is 6.29 Å². The number of allylic oxidation sites excluding steroid dienone is 1. The largest absolute Gasteiger partial charge is 0.493 e. The average molecular weight is 251 g/mol. The van der Waals surface area contributed by atoms with Gasteiger partial charge in [0.25, 0.3) is 5.69 Å². The van der Waals surface area contributed by atoms with Crippen LogP contribution in [0.3, 0.4) is 0 Å². The van der Waals surface area contributed by atoms with Gasteiger partial charge in [0.1, 0.15) is 0 Å². The first-order valence-electron chi connectivity index (χ1n) is 5.09. The van der Waals surface area contributed by atoms with E-state index in [2.05, 4.69) is 6.58 Å². The summed E-state index contributed by atoms with van der Waals surface area (Å²) in [7, 11) is 2.78. The van der Waals surface area contributed by atoms with Crippen LogP contribution in [0.25, 0.3) is 0 Å². The number of aldehydes is 1. The van der Waals surface area contributed by atoms with E-state index in [4.69, 9.17) is 9.47 Å². The third-order valence-electron chi connectivity index (χ3n) is 2.43. The number of ether oxygens (including phenoxy) is 2. The molecule has 18 heavy (non-hydrogen) atoms. The summed E-state index contributed by atoms with van der Waals surface area (Å²) in [5.41, 5.74) is -0.0454. The summed E-state index contributed by atoms with van der Waals surface area (Å²) < 4.78 is 10.2. The Balaban J connectivity index is 3.69. The van der Waals surface area contributed by atoms with Crippen molar-refractivity contribution in [3.8, 4) is 11.5 Å². The minimum atomic E-state index is -0.607. The number of nitro benzene ring substituents is 1. The van der Waals surface area contributed by atoms with Gasteiger partial charge in [-0.1, -0.05) is 6.08 Å². The minimum absolute atomic E-state index is 0.0468. The first-order chi connectivity index (χ1) is 8.60. The van der Waals surface area contributed by atoms with Crippen LogP contribution in [0.2, 0.25) is 0 Å². The number of carbonyl (C=O) groups is 1.